The van der Waals surface area contributed by atoms with Gasteiger partial charge in [0.05, 0.1) is 34.7 Å². The van der Waals surface area contributed by atoms with Crippen molar-refractivity contribution < 1.29 is 9.53 Å². The second kappa shape index (κ2) is 10.7. The van der Waals surface area contributed by atoms with Gasteiger partial charge in [-0.05, 0) is 111 Å². The van der Waals surface area contributed by atoms with Gasteiger partial charge in [0.2, 0.25) is 0 Å². The van der Waals surface area contributed by atoms with Gasteiger partial charge >= 0.3 is 5.97 Å². The zero-order valence-electron chi connectivity index (χ0n) is 27.1. The number of nitrogens with one attached hydrogen (secondary N) is 2. The molecule has 0 amide bonds. The number of fused-ring (bicyclic) bond motifs is 8. The quantitative estimate of drug-likeness (QED) is 0.287. The van der Waals surface area contributed by atoms with Gasteiger partial charge in [0, 0.05) is 39.2 Å². The molecule has 0 radical (unpaired) electrons. The van der Waals surface area contributed by atoms with Gasteiger partial charge in [-0.1, -0.05) is 34.6 Å². The topological polar surface area (TPSA) is 83.7 Å². The molecule has 6 nitrogen and oxygen atoms in total. The van der Waals surface area contributed by atoms with E-state index in [1.54, 1.807) is 0 Å². The van der Waals surface area contributed by atoms with Crippen molar-refractivity contribution in [3.8, 4) is 0 Å². The second-order valence-corrected chi connectivity index (χ2v) is 12.2. The Bertz CT molecular complexity index is 1900. The molecule has 224 valence electrons. The van der Waals surface area contributed by atoms with Crippen molar-refractivity contribution in [2.75, 3.05) is 6.61 Å². The number of aromatic nitrogens is 4. The minimum absolute atomic E-state index is 0.0103. The molecular formula is C37H44N4O2. The highest BCUT2D eigenvalue weighted by Crippen LogP contribution is 2.56. The Balaban J connectivity index is 1.84. The molecule has 5 heterocycles. The Labute approximate surface area is 254 Å². The molecule has 0 spiro atoms. The summed E-state index contributed by atoms with van der Waals surface area (Å²) in [5, 5.41) is 0. The largest absolute Gasteiger partial charge is 0.463 e. The zero-order chi connectivity index (χ0) is 30.8. The minimum Gasteiger partial charge on any atom is -0.463 e. The molecule has 0 saturated carbocycles. The van der Waals surface area contributed by atoms with E-state index in [0.29, 0.717) is 12.2 Å². The molecule has 3 aliphatic rings. The number of nitrogens with zero attached hydrogens (tertiary/aromatic N) is 2. The number of H-pyrrole nitrogens is 2. The smallest absolute Gasteiger partial charge is 0.335 e. The standard InChI is InChI=1S/C37H44N4O2/c1-10-23-19(6)29-17-33-25(12-3)21(8)34(40-33)26-15-27(36(42)43-14-5)37(13-4)22(9)30(41-35(26)37)18-32-24(11-2)20(7)28(39-32)16-31(23)38-29/h15-18,22,38-39H,10-14H2,1-9H3. The monoisotopic (exact) mass is 576 g/mol. The van der Waals surface area contributed by atoms with Crippen LogP contribution in [0, 0.1) is 13.8 Å². The first-order valence-corrected chi connectivity index (χ1v) is 16.0. The summed E-state index contributed by atoms with van der Waals surface area (Å²) < 4.78 is 5.66. The van der Waals surface area contributed by atoms with Crippen molar-refractivity contribution in [1.82, 2.24) is 19.9 Å². The highest BCUT2D eigenvalue weighted by molar-refractivity contribution is 6.03. The van der Waals surface area contributed by atoms with Crippen LogP contribution in [0.4, 0.5) is 0 Å². The van der Waals surface area contributed by atoms with E-state index in [4.69, 9.17) is 14.7 Å². The number of hydrogen-bond acceptors (Lipinski definition) is 4. The molecule has 2 aliphatic heterocycles. The highest BCUT2D eigenvalue weighted by atomic mass is 16.5. The molecule has 3 aromatic rings. The first kappa shape index (κ1) is 29.2. The Morgan fingerprint density at radius 1 is 0.860 bits per heavy atom. The van der Waals surface area contributed by atoms with Gasteiger partial charge in [-0.3, -0.25) is 4.98 Å². The van der Waals surface area contributed by atoms with Crippen LogP contribution >= 0.6 is 0 Å². The van der Waals surface area contributed by atoms with Crippen molar-refractivity contribution >= 4 is 45.3 Å². The molecule has 0 saturated heterocycles. The average molecular weight is 577 g/mol. The van der Waals surface area contributed by atoms with Crippen molar-refractivity contribution in [1.29, 1.82) is 0 Å². The van der Waals surface area contributed by atoms with E-state index >= 15 is 0 Å². The molecule has 8 bridgehead atoms. The molecule has 1 aliphatic carbocycles. The molecule has 6 rings (SSSR count). The molecule has 43 heavy (non-hydrogen) atoms. The van der Waals surface area contributed by atoms with Gasteiger partial charge in [0.25, 0.3) is 0 Å². The lowest BCUT2D eigenvalue weighted by Gasteiger charge is -2.31. The average Bonchev–Trinajstić information content (AvgIpc) is 3.72. The van der Waals surface area contributed by atoms with Crippen LogP contribution in [0.1, 0.15) is 118 Å². The van der Waals surface area contributed by atoms with Crippen molar-refractivity contribution in [2.45, 2.75) is 99.3 Å². The number of esters is 1. The Hall–Kier alpha value is -3.93. The van der Waals surface area contributed by atoms with Crippen molar-refractivity contribution in [3.05, 3.63) is 74.4 Å². The molecule has 6 heteroatoms. The van der Waals surface area contributed by atoms with E-state index in [1.807, 2.05) is 13.0 Å². The summed E-state index contributed by atoms with van der Waals surface area (Å²) in [5.74, 6) is -0.270. The van der Waals surface area contributed by atoms with E-state index in [1.165, 1.54) is 27.8 Å². The molecule has 2 atom stereocenters. The molecule has 2 unspecified atom stereocenters. The third-order valence-electron chi connectivity index (χ3n) is 10.4. The second-order valence-electron chi connectivity index (χ2n) is 12.2. The Kier molecular flexibility index (Phi) is 7.22. The number of carbonyl (C=O) groups excluding carboxylic acids is 1. The predicted octanol–water partition coefficient (Wildman–Crippen LogP) is 8.81. The highest BCUT2D eigenvalue weighted by Gasteiger charge is 2.53. The molecule has 2 N–H and O–H groups in total. The summed E-state index contributed by atoms with van der Waals surface area (Å²) in [5.41, 5.74) is 16.8. The van der Waals surface area contributed by atoms with E-state index in [-0.39, 0.29) is 11.9 Å². The number of rotatable bonds is 6. The van der Waals surface area contributed by atoms with Gasteiger partial charge in [-0.2, -0.15) is 0 Å². The maximum Gasteiger partial charge on any atom is 0.335 e. The summed E-state index contributed by atoms with van der Waals surface area (Å²) >= 11 is 0. The van der Waals surface area contributed by atoms with Crippen LogP contribution in [0.3, 0.4) is 0 Å². The Morgan fingerprint density at radius 2 is 1.49 bits per heavy atom. The fourth-order valence-corrected chi connectivity index (χ4v) is 7.91. The van der Waals surface area contributed by atoms with Gasteiger partial charge in [-0.25, -0.2) is 9.78 Å². The van der Waals surface area contributed by atoms with E-state index in [9.17, 15) is 4.79 Å². The minimum atomic E-state index is -0.563. The zero-order valence-corrected chi connectivity index (χ0v) is 27.1. The van der Waals surface area contributed by atoms with E-state index in [0.717, 1.165) is 81.7 Å². The lowest BCUT2D eigenvalue weighted by atomic mass is 9.69. The fourth-order valence-electron chi connectivity index (χ4n) is 7.91. The van der Waals surface area contributed by atoms with Gasteiger partial charge in [0.15, 0.2) is 0 Å². The van der Waals surface area contributed by atoms with Crippen LogP contribution in [0.2, 0.25) is 0 Å². The lowest BCUT2D eigenvalue weighted by molar-refractivity contribution is -0.139. The van der Waals surface area contributed by atoms with E-state index < -0.39 is 5.41 Å². The van der Waals surface area contributed by atoms with Crippen LogP contribution in [-0.4, -0.2) is 32.5 Å². The third kappa shape index (κ3) is 4.09. The molecule has 0 fully saturated rings. The molecule has 3 aromatic heterocycles. The van der Waals surface area contributed by atoms with Gasteiger partial charge in [0.1, 0.15) is 0 Å². The molecule has 0 aromatic carbocycles. The van der Waals surface area contributed by atoms with Crippen LogP contribution in [0.5, 0.6) is 0 Å². The number of ether oxygens (including phenoxy) is 1. The van der Waals surface area contributed by atoms with Crippen LogP contribution < -0.4 is 0 Å². The third-order valence-corrected chi connectivity index (χ3v) is 10.4. The normalized spacial score (nSPS) is 19.3. The summed E-state index contributed by atoms with van der Waals surface area (Å²) in [6, 6.07) is 6.69. The number of hydrogen-bond donors (Lipinski definition) is 2. The van der Waals surface area contributed by atoms with Crippen molar-refractivity contribution in [2.24, 2.45) is 0 Å². The maximum absolute atomic E-state index is 13.6. The van der Waals surface area contributed by atoms with Crippen LogP contribution in [-0.2, 0) is 27.8 Å². The van der Waals surface area contributed by atoms with Crippen LogP contribution in [0.15, 0.2) is 23.8 Å². The number of aromatic amines is 2. The van der Waals surface area contributed by atoms with Gasteiger partial charge < -0.3 is 14.7 Å². The number of carbonyl (C=O) groups is 1. The number of allylic oxidation sites excluding steroid dienone is 2. The predicted molar refractivity (Wildman–Crippen MR) is 177 cm³/mol. The summed E-state index contributed by atoms with van der Waals surface area (Å²) in [4.78, 5) is 31.8. The maximum atomic E-state index is 13.6. The summed E-state index contributed by atoms with van der Waals surface area (Å²) in [6.07, 6.45) is 5.48. The summed E-state index contributed by atoms with van der Waals surface area (Å²) in [7, 11) is 0. The Morgan fingerprint density at radius 3 is 2.07 bits per heavy atom. The van der Waals surface area contributed by atoms with Gasteiger partial charge in [-0.15, -0.1) is 0 Å². The first-order valence-electron chi connectivity index (χ1n) is 16.0. The summed E-state index contributed by atoms with van der Waals surface area (Å²) in [6.45, 7) is 19.8. The number of aryl methyl sites for hydroxylation is 4. The van der Waals surface area contributed by atoms with Crippen LogP contribution in [0.25, 0.3) is 39.3 Å². The first-order chi connectivity index (χ1) is 20.6. The SMILES string of the molecule is CCOC(=O)C1=Cc2c3nc(cc4[nH]c(cc5[nH]c(cc6nc2C1(CC)C6C)c(CC)c5C)c(CC)c4C)C(CC)=C3C. The fraction of sp³-hybridized carbons (Fsp3) is 0.432. The van der Waals surface area contributed by atoms with Crippen molar-refractivity contribution in [3.63, 3.8) is 0 Å². The lowest BCUT2D eigenvalue weighted by Crippen LogP contribution is -2.33. The van der Waals surface area contributed by atoms with E-state index in [2.05, 4.69) is 83.6 Å². The molecular weight excluding hydrogens is 532 g/mol.